The van der Waals surface area contributed by atoms with Gasteiger partial charge in [0.05, 0.1) is 12.7 Å². The van der Waals surface area contributed by atoms with Crippen molar-refractivity contribution in [3.8, 4) is 0 Å². The van der Waals surface area contributed by atoms with Crippen molar-refractivity contribution in [2.45, 2.75) is 12.5 Å². The topological polar surface area (TPSA) is 55.4 Å². The summed E-state index contributed by atoms with van der Waals surface area (Å²) in [6, 6.07) is 8.88. The van der Waals surface area contributed by atoms with Gasteiger partial charge in [-0.3, -0.25) is 4.79 Å². The number of carbonyl (C=O) groups excluding carboxylic acids is 2. The number of amides is 1. The average Bonchev–Trinajstić information content (AvgIpc) is 2.56. The lowest BCUT2D eigenvalue weighted by atomic mass is 10.1. The van der Waals surface area contributed by atoms with Crippen LogP contribution in [0.3, 0.4) is 0 Å². The summed E-state index contributed by atoms with van der Waals surface area (Å²) in [5, 5.41) is 2.83. The van der Waals surface area contributed by atoms with Crippen molar-refractivity contribution < 1.29 is 23.1 Å². The monoisotopic (exact) mass is 353 g/mol. The molecule has 24 heavy (non-hydrogen) atoms. The average molecular weight is 354 g/mol. The van der Waals surface area contributed by atoms with Crippen molar-refractivity contribution in [1.82, 2.24) is 5.32 Å². The number of hydrogen-bond acceptors (Lipinski definition) is 3. The quantitative estimate of drug-likeness (QED) is 0.840. The first-order chi connectivity index (χ1) is 11.4. The van der Waals surface area contributed by atoms with E-state index >= 15 is 0 Å². The van der Waals surface area contributed by atoms with Crippen LogP contribution < -0.4 is 5.32 Å². The number of esters is 1. The maximum atomic E-state index is 13.7. The minimum atomic E-state index is -1.28. The molecule has 0 aromatic heterocycles. The molecule has 2 rings (SSSR count). The van der Waals surface area contributed by atoms with E-state index in [1.807, 2.05) is 0 Å². The van der Waals surface area contributed by atoms with Crippen LogP contribution in [0, 0.1) is 11.6 Å². The van der Waals surface area contributed by atoms with Crippen molar-refractivity contribution in [1.29, 1.82) is 0 Å². The fourth-order valence-corrected chi connectivity index (χ4v) is 2.36. The van der Waals surface area contributed by atoms with Gasteiger partial charge in [-0.25, -0.2) is 13.6 Å². The van der Waals surface area contributed by atoms with E-state index in [0.29, 0.717) is 10.6 Å². The molecule has 0 unspecified atom stereocenters. The van der Waals surface area contributed by atoms with E-state index in [-0.39, 0.29) is 6.42 Å². The Morgan fingerprint density at radius 3 is 2.58 bits per heavy atom. The van der Waals surface area contributed by atoms with Crippen molar-refractivity contribution in [2.24, 2.45) is 0 Å². The van der Waals surface area contributed by atoms with E-state index in [0.717, 1.165) is 12.1 Å². The molecule has 1 amide bonds. The number of benzene rings is 2. The highest BCUT2D eigenvalue weighted by molar-refractivity contribution is 6.30. The molecule has 0 radical (unpaired) electrons. The van der Waals surface area contributed by atoms with Gasteiger partial charge < -0.3 is 10.1 Å². The number of hydrogen-bond donors (Lipinski definition) is 1. The van der Waals surface area contributed by atoms with E-state index in [4.69, 9.17) is 11.6 Å². The Balaban J connectivity index is 2.21. The molecule has 126 valence electrons. The lowest BCUT2D eigenvalue weighted by Gasteiger charge is -2.17. The summed E-state index contributed by atoms with van der Waals surface area (Å²) in [4.78, 5) is 24.0. The van der Waals surface area contributed by atoms with Crippen molar-refractivity contribution in [3.63, 3.8) is 0 Å². The summed E-state index contributed by atoms with van der Waals surface area (Å²) in [6.07, 6.45) is 0.0932. The van der Waals surface area contributed by atoms with Gasteiger partial charge in [0.2, 0.25) is 0 Å². The molecule has 0 saturated heterocycles. The van der Waals surface area contributed by atoms with E-state index in [1.165, 1.54) is 13.2 Å². The molecule has 4 nitrogen and oxygen atoms in total. The zero-order chi connectivity index (χ0) is 17.7. The van der Waals surface area contributed by atoms with Gasteiger partial charge in [0.1, 0.15) is 6.04 Å². The normalized spacial score (nSPS) is 11.7. The first-order valence-corrected chi connectivity index (χ1v) is 7.37. The first-order valence-electron chi connectivity index (χ1n) is 6.99. The Morgan fingerprint density at radius 2 is 1.92 bits per heavy atom. The van der Waals surface area contributed by atoms with Crippen LogP contribution in [0.25, 0.3) is 0 Å². The Labute approximate surface area is 142 Å². The zero-order valence-electron chi connectivity index (χ0n) is 12.7. The molecular formula is C17H14ClF2NO3. The third-order valence-electron chi connectivity index (χ3n) is 3.32. The maximum Gasteiger partial charge on any atom is 0.328 e. The molecule has 1 N–H and O–H groups in total. The predicted molar refractivity (Wildman–Crippen MR) is 84.8 cm³/mol. The van der Waals surface area contributed by atoms with Gasteiger partial charge in [-0.15, -0.1) is 0 Å². The summed E-state index contributed by atoms with van der Waals surface area (Å²) in [5.41, 5.74) is 0.188. The maximum absolute atomic E-state index is 13.7. The Hall–Kier alpha value is -2.47. The first kappa shape index (κ1) is 17.9. The molecule has 2 aromatic carbocycles. The fourth-order valence-electron chi connectivity index (χ4n) is 2.15. The number of methoxy groups -OCH3 is 1. The summed E-state index contributed by atoms with van der Waals surface area (Å²) in [7, 11) is 1.17. The highest BCUT2D eigenvalue weighted by atomic mass is 35.5. The van der Waals surface area contributed by atoms with Crippen LogP contribution in [0.2, 0.25) is 5.02 Å². The molecule has 7 heteroatoms. The van der Waals surface area contributed by atoms with Crippen LogP contribution in [0.15, 0.2) is 42.5 Å². The van der Waals surface area contributed by atoms with Gasteiger partial charge in [0, 0.05) is 11.4 Å². The summed E-state index contributed by atoms with van der Waals surface area (Å²) in [5.74, 6) is -4.04. The number of carbonyl (C=O) groups is 2. The van der Waals surface area contributed by atoms with Crippen LogP contribution in [-0.2, 0) is 16.0 Å². The van der Waals surface area contributed by atoms with Gasteiger partial charge in [-0.1, -0.05) is 29.8 Å². The van der Waals surface area contributed by atoms with Gasteiger partial charge in [-0.2, -0.15) is 0 Å². The fraction of sp³-hybridized carbons (Fsp3) is 0.176. The Bertz CT molecular complexity index is 767. The predicted octanol–water partition coefficient (Wildman–Crippen LogP) is 3.13. The molecule has 0 heterocycles. The second-order valence-electron chi connectivity index (χ2n) is 4.98. The second-order valence-corrected chi connectivity index (χ2v) is 5.42. The molecule has 0 aliphatic heterocycles. The lowest BCUT2D eigenvalue weighted by Crippen LogP contribution is -2.43. The standard InChI is InChI=1S/C17H14ClF2NO3/c1-24-17(23)14(9-10-4-2-5-11(18)8-10)21-16(22)12-6-3-7-13(19)15(12)20/h2-8,14H,9H2,1H3,(H,21,22)/t14-/m1/s1. The molecular weight excluding hydrogens is 340 g/mol. The molecule has 2 aromatic rings. The van der Waals surface area contributed by atoms with E-state index in [9.17, 15) is 18.4 Å². The number of ether oxygens (including phenoxy) is 1. The van der Waals surface area contributed by atoms with Gasteiger partial charge >= 0.3 is 5.97 Å². The third kappa shape index (κ3) is 4.29. The minimum Gasteiger partial charge on any atom is -0.467 e. The van der Waals surface area contributed by atoms with Crippen molar-refractivity contribution >= 4 is 23.5 Å². The molecule has 0 aliphatic carbocycles. The molecule has 1 atom stereocenters. The van der Waals surface area contributed by atoms with Crippen LogP contribution >= 0.6 is 11.6 Å². The zero-order valence-corrected chi connectivity index (χ0v) is 13.4. The summed E-state index contributed by atoms with van der Waals surface area (Å²) >= 11 is 5.89. The lowest BCUT2D eigenvalue weighted by molar-refractivity contribution is -0.142. The summed E-state index contributed by atoms with van der Waals surface area (Å²) in [6.45, 7) is 0. The number of halogens is 3. The van der Waals surface area contributed by atoms with Gasteiger partial charge in [-0.05, 0) is 29.8 Å². The number of nitrogens with one attached hydrogen (secondary N) is 1. The van der Waals surface area contributed by atoms with Crippen molar-refractivity contribution in [2.75, 3.05) is 7.11 Å². The Morgan fingerprint density at radius 1 is 1.21 bits per heavy atom. The van der Waals surface area contributed by atoms with E-state index in [2.05, 4.69) is 10.1 Å². The molecule has 0 bridgehead atoms. The van der Waals surface area contributed by atoms with Crippen LogP contribution in [0.5, 0.6) is 0 Å². The SMILES string of the molecule is COC(=O)[C@@H](Cc1cccc(Cl)c1)NC(=O)c1cccc(F)c1F. The van der Waals surface area contributed by atoms with E-state index < -0.39 is 35.1 Å². The third-order valence-corrected chi connectivity index (χ3v) is 3.55. The molecule has 0 saturated carbocycles. The van der Waals surface area contributed by atoms with Gasteiger partial charge in [0.15, 0.2) is 11.6 Å². The number of rotatable bonds is 5. The Kier molecular flexibility index (Phi) is 5.87. The second kappa shape index (κ2) is 7.88. The smallest absolute Gasteiger partial charge is 0.328 e. The molecule has 0 aliphatic rings. The van der Waals surface area contributed by atoms with Crippen LogP contribution in [0.4, 0.5) is 8.78 Å². The van der Waals surface area contributed by atoms with E-state index in [1.54, 1.807) is 24.3 Å². The highest BCUT2D eigenvalue weighted by Crippen LogP contribution is 2.14. The van der Waals surface area contributed by atoms with Crippen LogP contribution in [-0.4, -0.2) is 25.0 Å². The molecule has 0 fully saturated rings. The summed E-state index contributed by atoms with van der Waals surface area (Å²) < 4.78 is 31.6. The largest absolute Gasteiger partial charge is 0.467 e. The minimum absolute atomic E-state index is 0.0932. The molecule has 0 spiro atoms. The van der Waals surface area contributed by atoms with Gasteiger partial charge in [0.25, 0.3) is 5.91 Å². The highest BCUT2D eigenvalue weighted by Gasteiger charge is 2.24. The van der Waals surface area contributed by atoms with Crippen molar-refractivity contribution in [3.05, 3.63) is 70.2 Å². The van der Waals surface area contributed by atoms with Crippen LogP contribution in [0.1, 0.15) is 15.9 Å².